The van der Waals surface area contributed by atoms with E-state index in [1.165, 1.54) is 12.1 Å². The van der Waals surface area contributed by atoms with Crippen LogP contribution in [0.25, 0.3) is 0 Å². The van der Waals surface area contributed by atoms with Crippen molar-refractivity contribution >= 4 is 16.9 Å². The first-order valence-electron chi connectivity index (χ1n) is 5.92. The molecule has 0 radical (unpaired) electrons. The van der Waals surface area contributed by atoms with Gasteiger partial charge in [-0.1, -0.05) is 42.1 Å². The van der Waals surface area contributed by atoms with Crippen molar-refractivity contribution in [2.45, 2.75) is 31.1 Å². The average Bonchev–Trinajstić information content (AvgIpc) is 2.37. The van der Waals surface area contributed by atoms with E-state index in [9.17, 15) is 31.1 Å². The molecule has 0 aliphatic rings. The first kappa shape index (κ1) is 17.9. The SMILES string of the molecule is O=C(SCCC(F)(F)C(F)CC(F)(F)F)c1ccccc1. The molecular formula is C13H12F6OS. The van der Waals surface area contributed by atoms with Gasteiger partial charge in [-0.25, -0.2) is 13.2 Å². The summed E-state index contributed by atoms with van der Waals surface area (Å²) in [6.07, 6.45) is -11.6. The summed E-state index contributed by atoms with van der Waals surface area (Å²) < 4.78 is 75.0. The van der Waals surface area contributed by atoms with Crippen LogP contribution in [0.5, 0.6) is 0 Å². The van der Waals surface area contributed by atoms with E-state index in [2.05, 4.69) is 0 Å². The van der Waals surface area contributed by atoms with E-state index >= 15 is 0 Å². The minimum atomic E-state index is -4.99. The van der Waals surface area contributed by atoms with Gasteiger partial charge >= 0.3 is 6.18 Å². The molecule has 0 fully saturated rings. The predicted molar refractivity (Wildman–Crippen MR) is 68.4 cm³/mol. The molecule has 0 saturated heterocycles. The molecule has 8 heteroatoms. The molecule has 118 valence electrons. The molecule has 1 aromatic carbocycles. The summed E-state index contributed by atoms with van der Waals surface area (Å²) in [5.41, 5.74) is 0.290. The topological polar surface area (TPSA) is 17.1 Å². The Bertz CT molecular complexity index is 459. The third-order valence-corrected chi connectivity index (χ3v) is 3.45. The number of hydrogen-bond acceptors (Lipinski definition) is 2. The Kier molecular flexibility index (Phi) is 6.12. The summed E-state index contributed by atoms with van der Waals surface area (Å²) in [5.74, 6) is -4.57. The fourth-order valence-corrected chi connectivity index (χ4v) is 2.31. The largest absolute Gasteiger partial charge is 0.392 e. The van der Waals surface area contributed by atoms with Crippen molar-refractivity contribution in [1.82, 2.24) is 0 Å². The van der Waals surface area contributed by atoms with Crippen LogP contribution < -0.4 is 0 Å². The zero-order valence-electron chi connectivity index (χ0n) is 10.7. The maximum Gasteiger partial charge on any atom is 0.392 e. The Morgan fingerprint density at radius 3 is 2.19 bits per heavy atom. The third-order valence-electron chi connectivity index (χ3n) is 2.55. The van der Waals surface area contributed by atoms with Crippen LogP contribution >= 0.6 is 11.8 Å². The number of carbonyl (C=O) groups is 1. The van der Waals surface area contributed by atoms with Crippen LogP contribution in [0, 0.1) is 0 Å². The van der Waals surface area contributed by atoms with Crippen molar-refractivity contribution < 1.29 is 31.1 Å². The highest BCUT2D eigenvalue weighted by Gasteiger charge is 2.46. The van der Waals surface area contributed by atoms with Gasteiger partial charge in [0.2, 0.25) is 5.12 Å². The van der Waals surface area contributed by atoms with E-state index in [1.807, 2.05) is 0 Å². The van der Waals surface area contributed by atoms with E-state index in [0.717, 1.165) is 0 Å². The predicted octanol–water partition coefficient (Wildman–Crippen LogP) is 4.88. The van der Waals surface area contributed by atoms with Crippen LogP contribution in [-0.4, -0.2) is 29.1 Å². The number of alkyl halides is 6. The smallest absolute Gasteiger partial charge is 0.282 e. The third kappa shape index (κ3) is 6.41. The lowest BCUT2D eigenvalue weighted by molar-refractivity contribution is -0.177. The number of hydrogen-bond donors (Lipinski definition) is 0. The molecule has 0 aliphatic heterocycles. The zero-order chi connectivity index (χ0) is 16.1. The minimum Gasteiger partial charge on any atom is -0.282 e. The molecule has 21 heavy (non-hydrogen) atoms. The van der Waals surface area contributed by atoms with Crippen LogP contribution in [0.4, 0.5) is 26.3 Å². The Morgan fingerprint density at radius 2 is 1.67 bits per heavy atom. The summed E-state index contributed by atoms with van der Waals surface area (Å²) in [5, 5.41) is -0.488. The van der Waals surface area contributed by atoms with Crippen molar-refractivity contribution in [3.63, 3.8) is 0 Å². The molecule has 1 unspecified atom stereocenters. The summed E-state index contributed by atoms with van der Waals surface area (Å²) in [6.45, 7) is 0. The number of thioether (sulfide) groups is 1. The van der Waals surface area contributed by atoms with Gasteiger partial charge in [0.1, 0.15) is 0 Å². The lowest BCUT2D eigenvalue weighted by Gasteiger charge is -2.21. The van der Waals surface area contributed by atoms with Crippen LogP contribution in [0.3, 0.4) is 0 Å². The van der Waals surface area contributed by atoms with Gasteiger partial charge in [0.05, 0.1) is 6.42 Å². The summed E-state index contributed by atoms with van der Waals surface area (Å²) in [4.78, 5) is 11.6. The Morgan fingerprint density at radius 1 is 1.10 bits per heavy atom. The van der Waals surface area contributed by atoms with Gasteiger partial charge < -0.3 is 0 Å². The molecular weight excluding hydrogens is 318 g/mol. The molecule has 1 nitrogen and oxygen atoms in total. The van der Waals surface area contributed by atoms with Crippen molar-refractivity contribution in [1.29, 1.82) is 0 Å². The van der Waals surface area contributed by atoms with Gasteiger partial charge in [-0.2, -0.15) is 13.2 Å². The summed E-state index contributed by atoms with van der Waals surface area (Å²) in [6, 6.07) is 7.80. The molecule has 0 bridgehead atoms. The second-order valence-electron chi connectivity index (χ2n) is 4.30. The molecule has 0 aliphatic carbocycles. The molecule has 0 N–H and O–H groups in total. The maximum absolute atomic E-state index is 13.2. The van der Waals surface area contributed by atoms with Gasteiger partial charge in [-0.15, -0.1) is 0 Å². The molecule has 0 heterocycles. The molecule has 0 aromatic heterocycles. The summed E-state index contributed by atoms with van der Waals surface area (Å²) in [7, 11) is 0. The lowest BCUT2D eigenvalue weighted by atomic mass is 10.1. The van der Waals surface area contributed by atoms with E-state index in [0.29, 0.717) is 11.8 Å². The molecule has 0 saturated carbocycles. The molecule has 1 aromatic rings. The van der Waals surface area contributed by atoms with Gasteiger partial charge in [0.15, 0.2) is 6.17 Å². The highest BCUT2D eigenvalue weighted by atomic mass is 32.2. The van der Waals surface area contributed by atoms with Crippen molar-refractivity contribution in [3.05, 3.63) is 35.9 Å². The number of benzene rings is 1. The first-order chi connectivity index (χ1) is 9.62. The molecule has 0 spiro atoms. The van der Waals surface area contributed by atoms with Crippen molar-refractivity contribution in [2.75, 3.05) is 5.75 Å². The van der Waals surface area contributed by atoms with E-state index < -0.39 is 42.0 Å². The second kappa shape index (κ2) is 7.20. The Balaban J connectivity index is 2.45. The van der Waals surface area contributed by atoms with Crippen LogP contribution in [0.15, 0.2) is 30.3 Å². The summed E-state index contributed by atoms with van der Waals surface area (Å²) >= 11 is 0.525. The van der Waals surface area contributed by atoms with Gasteiger partial charge in [0, 0.05) is 17.7 Å². The highest BCUT2D eigenvalue weighted by Crippen LogP contribution is 2.35. The molecule has 1 atom stereocenters. The highest BCUT2D eigenvalue weighted by molar-refractivity contribution is 8.14. The second-order valence-corrected chi connectivity index (χ2v) is 5.37. The van der Waals surface area contributed by atoms with Crippen LogP contribution in [-0.2, 0) is 0 Å². The average molecular weight is 330 g/mol. The fourth-order valence-electron chi connectivity index (χ4n) is 1.45. The number of rotatable bonds is 6. The Hall–Kier alpha value is -1.18. The fraction of sp³-hybridized carbons (Fsp3) is 0.462. The van der Waals surface area contributed by atoms with Gasteiger partial charge in [-0.05, 0) is 0 Å². The molecule has 0 amide bonds. The molecule has 1 rings (SSSR count). The quantitative estimate of drug-likeness (QED) is 0.692. The number of halogens is 6. The van der Waals surface area contributed by atoms with E-state index in [-0.39, 0.29) is 5.56 Å². The number of carbonyl (C=O) groups excluding carboxylic acids is 1. The van der Waals surface area contributed by atoms with Crippen LogP contribution in [0.1, 0.15) is 23.2 Å². The minimum absolute atomic E-state index is 0.290. The maximum atomic E-state index is 13.2. The first-order valence-corrected chi connectivity index (χ1v) is 6.91. The normalized spacial score (nSPS) is 14.0. The van der Waals surface area contributed by atoms with E-state index in [1.54, 1.807) is 18.2 Å². The van der Waals surface area contributed by atoms with Gasteiger partial charge in [0.25, 0.3) is 5.92 Å². The van der Waals surface area contributed by atoms with Crippen molar-refractivity contribution in [3.8, 4) is 0 Å². The monoisotopic (exact) mass is 330 g/mol. The van der Waals surface area contributed by atoms with Crippen molar-refractivity contribution in [2.24, 2.45) is 0 Å². The standard InChI is InChI=1S/C13H12F6OS/c14-10(8-13(17,18)19)12(15,16)6-7-21-11(20)9-4-2-1-3-5-9/h1-5,10H,6-8H2. The van der Waals surface area contributed by atoms with Gasteiger partial charge in [-0.3, -0.25) is 4.79 Å². The zero-order valence-corrected chi connectivity index (χ0v) is 11.5. The van der Waals surface area contributed by atoms with E-state index in [4.69, 9.17) is 0 Å². The Labute approximate surface area is 121 Å². The lowest BCUT2D eigenvalue weighted by Crippen LogP contribution is -2.34. The van der Waals surface area contributed by atoms with Crippen LogP contribution in [0.2, 0.25) is 0 Å².